The molecule has 0 aliphatic heterocycles. The van der Waals surface area contributed by atoms with E-state index in [1.54, 1.807) is 0 Å². The van der Waals surface area contributed by atoms with Crippen molar-refractivity contribution < 1.29 is 4.79 Å². The minimum Gasteiger partial charge on any atom is -0.356 e. The summed E-state index contributed by atoms with van der Waals surface area (Å²) >= 11 is 5.56. The third kappa shape index (κ3) is 4.32. The summed E-state index contributed by atoms with van der Waals surface area (Å²) in [5.74, 6) is 1.31. The van der Waals surface area contributed by atoms with Gasteiger partial charge in [0.05, 0.1) is 0 Å². The summed E-state index contributed by atoms with van der Waals surface area (Å²) in [5, 5.41) is 3.00. The summed E-state index contributed by atoms with van der Waals surface area (Å²) in [6, 6.07) is 0. The Morgan fingerprint density at radius 3 is 2.57 bits per heavy atom. The zero-order chi connectivity index (χ0) is 10.2. The first-order valence-electron chi connectivity index (χ1n) is 5.68. The first kappa shape index (κ1) is 11.8. The summed E-state index contributed by atoms with van der Waals surface area (Å²) < 4.78 is 0. The first-order valence-corrected chi connectivity index (χ1v) is 6.21. The third-order valence-electron chi connectivity index (χ3n) is 2.84. The van der Waals surface area contributed by atoms with Gasteiger partial charge in [-0.2, -0.15) is 0 Å². The van der Waals surface area contributed by atoms with Crippen LogP contribution in [0.1, 0.15) is 44.9 Å². The number of halogens is 1. The van der Waals surface area contributed by atoms with Crippen LogP contribution in [0.3, 0.4) is 0 Å². The van der Waals surface area contributed by atoms with Gasteiger partial charge in [0.2, 0.25) is 5.91 Å². The number of hydrogen-bond donors (Lipinski definition) is 1. The number of alkyl halides is 1. The molecule has 14 heavy (non-hydrogen) atoms. The molecule has 0 radical (unpaired) electrons. The lowest BCUT2D eigenvalue weighted by Crippen LogP contribution is -2.30. The molecule has 0 aromatic rings. The minimum atomic E-state index is 0.272. The molecule has 2 nitrogen and oxygen atoms in total. The number of unbranched alkanes of at least 4 members (excludes halogenated alkanes) is 2. The lowest BCUT2D eigenvalue weighted by molar-refractivity contribution is -0.124. The molecule has 0 spiro atoms. The van der Waals surface area contributed by atoms with Gasteiger partial charge in [-0.15, -0.1) is 11.6 Å². The number of nitrogens with one attached hydrogen (secondary N) is 1. The molecule has 1 rings (SSSR count). The van der Waals surface area contributed by atoms with Gasteiger partial charge in [-0.3, -0.25) is 4.79 Å². The van der Waals surface area contributed by atoms with Gasteiger partial charge in [-0.1, -0.05) is 19.3 Å². The Bertz CT molecular complexity index is 167. The van der Waals surface area contributed by atoms with Crippen molar-refractivity contribution in [1.29, 1.82) is 0 Å². The van der Waals surface area contributed by atoms with E-state index in [1.165, 1.54) is 12.8 Å². The maximum atomic E-state index is 11.5. The molecule has 1 aliphatic rings. The molecule has 1 N–H and O–H groups in total. The predicted molar refractivity (Wildman–Crippen MR) is 59.5 cm³/mol. The van der Waals surface area contributed by atoms with Crippen LogP contribution in [0.15, 0.2) is 0 Å². The molecule has 1 fully saturated rings. The van der Waals surface area contributed by atoms with Crippen molar-refractivity contribution in [3.8, 4) is 0 Å². The monoisotopic (exact) mass is 217 g/mol. The number of hydrogen-bond acceptors (Lipinski definition) is 1. The normalized spacial score (nSPS) is 17.2. The number of amides is 1. The molecular weight excluding hydrogens is 198 g/mol. The van der Waals surface area contributed by atoms with E-state index in [0.29, 0.717) is 5.92 Å². The van der Waals surface area contributed by atoms with Crippen molar-refractivity contribution >= 4 is 17.5 Å². The summed E-state index contributed by atoms with van der Waals surface area (Å²) in [6.07, 6.45) is 7.87. The van der Waals surface area contributed by atoms with Crippen molar-refractivity contribution in [1.82, 2.24) is 5.32 Å². The summed E-state index contributed by atoms with van der Waals surface area (Å²) in [4.78, 5) is 11.5. The Morgan fingerprint density at radius 1 is 1.21 bits per heavy atom. The second-order valence-corrected chi connectivity index (χ2v) is 4.40. The highest BCUT2D eigenvalue weighted by atomic mass is 35.5. The van der Waals surface area contributed by atoms with Gasteiger partial charge < -0.3 is 5.32 Å². The van der Waals surface area contributed by atoms with E-state index < -0.39 is 0 Å². The largest absolute Gasteiger partial charge is 0.356 e. The van der Waals surface area contributed by atoms with Crippen LogP contribution in [0.2, 0.25) is 0 Å². The molecule has 0 heterocycles. The molecule has 0 aromatic heterocycles. The van der Waals surface area contributed by atoms with Crippen LogP contribution in [0, 0.1) is 5.92 Å². The molecule has 0 atom stereocenters. The predicted octanol–water partition coefficient (Wildman–Crippen LogP) is 2.70. The molecule has 1 aliphatic carbocycles. The van der Waals surface area contributed by atoms with Crippen molar-refractivity contribution in [2.24, 2.45) is 5.92 Å². The molecule has 0 unspecified atom stereocenters. The van der Waals surface area contributed by atoms with Gasteiger partial charge in [0.25, 0.3) is 0 Å². The zero-order valence-electron chi connectivity index (χ0n) is 8.73. The van der Waals surface area contributed by atoms with E-state index in [-0.39, 0.29) is 5.91 Å². The van der Waals surface area contributed by atoms with Crippen molar-refractivity contribution in [3.63, 3.8) is 0 Å². The van der Waals surface area contributed by atoms with Crippen LogP contribution in [0.5, 0.6) is 0 Å². The SMILES string of the molecule is O=C(NCCCCCCl)C1CCCC1. The van der Waals surface area contributed by atoms with Crippen LogP contribution < -0.4 is 5.32 Å². The Labute approximate surface area is 91.4 Å². The fourth-order valence-corrected chi connectivity index (χ4v) is 2.13. The molecule has 3 heteroatoms. The Kier molecular flexibility index (Phi) is 6.00. The van der Waals surface area contributed by atoms with E-state index in [1.807, 2.05) is 0 Å². The zero-order valence-corrected chi connectivity index (χ0v) is 9.48. The summed E-state index contributed by atoms with van der Waals surface area (Å²) in [5.41, 5.74) is 0. The summed E-state index contributed by atoms with van der Waals surface area (Å²) in [6.45, 7) is 0.826. The molecule has 1 saturated carbocycles. The van der Waals surface area contributed by atoms with Crippen LogP contribution in [-0.2, 0) is 4.79 Å². The van der Waals surface area contributed by atoms with E-state index in [9.17, 15) is 4.79 Å². The number of carbonyl (C=O) groups excluding carboxylic acids is 1. The standard InChI is InChI=1S/C11H20ClNO/c12-8-4-1-5-9-13-11(14)10-6-2-3-7-10/h10H,1-9H2,(H,13,14). The lowest BCUT2D eigenvalue weighted by Gasteiger charge is -2.09. The Hall–Kier alpha value is -0.240. The van der Waals surface area contributed by atoms with Crippen LogP contribution in [0.4, 0.5) is 0 Å². The van der Waals surface area contributed by atoms with Crippen LogP contribution >= 0.6 is 11.6 Å². The smallest absolute Gasteiger partial charge is 0.223 e. The van der Waals surface area contributed by atoms with Gasteiger partial charge in [-0.05, 0) is 25.7 Å². The maximum absolute atomic E-state index is 11.5. The average molecular weight is 218 g/mol. The average Bonchev–Trinajstić information content (AvgIpc) is 2.70. The highest BCUT2D eigenvalue weighted by molar-refractivity contribution is 6.17. The minimum absolute atomic E-state index is 0.272. The van der Waals surface area contributed by atoms with Crippen LogP contribution in [-0.4, -0.2) is 18.3 Å². The van der Waals surface area contributed by atoms with Gasteiger partial charge in [0.15, 0.2) is 0 Å². The van der Waals surface area contributed by atoms with Crippen molar-refractivity contribution in [3.05, 3.63) is 0 Å². The van der Waals surface area contributed by atoms with Gasteiger partial charge in [0.1, 0.15) is 0 Å². The fraction of sp³-hybridized carbons (Fsp3) is 0.909. The van der Waals surface area contributed by atoms with Gasteiger partial charge >= 0.3 is 0 Å². The second-order valence-electron chi connectivity index (χ2n) is 4.02. The topological polar surface area (TPSA) is 29.1 Å². The molecule has 0 aromatic carbocycles. The number of carbonyl (C=O) groups is 1. The summed E-state index contributed by atoms with van der Waals surface area (Å²) in [7, 11) is 0. The van der Waals surface area contributed by atoms with Gasteiger partial charge in [0, 0.05) is 18.3 Å². The Morgan fingerprint density at radius 2 is 1.93 bits per heavy atom. The quantitative estimate of drug-likeness (QED) is 0.538. The van der Waals surface area contributed by atoms with E-state index in [0.717, 1.165) is 44.5 Å². The first-order chi connectivity index (χ1) is 6.84. The molecule has 1 amide bonds. The van der Waals surface area contributed by atoms with E-state index in [2.05, 4.69) is 5.32 Å². The lowest BCUT2D eigenvalue weighted by atomic mass is 10.1. The van der Waals surface area contributed by atoms with Gasteiger partial charge in [-0.25, -0.2) is 0 Å². The van der Waals surface area contributed by atoms with E-state index >= 15 is 0 Å². The highest BCUT2D eigenvalue weighted by Gasteiger charge is 2.21. The van der Waals surface area contributed by atoms with E-state index in [4.69, 9.17) is 11.6 Å². The fourth-order valence-electron chi connectivity index (χ4n) is 1.94. The molecule has 0 saturated heterocycles. The number of rotatable bonds is 6. The van der Waals surface area contributed by atoms with Crippen molar-refractivity contribution in [2.45, 2.75) is 44.9 Å². The Balaban J connectivity index is 1.97. The third-order valence-corrected chi connectivity index (χ3v) is 3.10. The molecular formula is C11H20ClNO. The van der Waals surface area contributed by atoms with Crippen molar-refractivity contribution in [2.75, 3.05) is 12.4 Å². The second kappa shape index (κ2) is 7.10. The highest BCUT2D eigenvalue weighted by Crippen LogP contribution is 2.24. The molecule has 0 bridgehead atoms. The van der Waals surface area contributed by atoms with Crippen LogP contribution in [0.25, 0.3) is 0 Å². The molecule has 82 valence electrons. The maximum Gasteiger partial charge on any atom is 0.223 e.